The topological polar surface area (TPSA) is 512 Å². The van der Waals surface area contributed by atoms with Gasteiger partial charge >= 0.3 is 58.9 Å². The second kappa shape index (κ2) is 57.6. The van der Waals surface area contributed by atoms with Crippen LogP contribution in [0.25, 0.3) is 0 Å². The molecule has 3 atom stereocenters. The molecule has 5 amide bonds. The molecule has 0 aliphatic carbocycles. The zero-order valence-corrected chi connectivity index (χ0v) is 80.6. The summed E-state index contributed by atoms with van der Waals surface area (Å²) in [5.41, 5.74) is 12.6. The number of alkyl carbamates (subject to hydrolysis) is 5. The van der Waals surface area contributed by atoms with Crippen LogP contribution in [0.5, 0.6) is 28.7 Å². The second-order valence-corrected chi connectivity index (χ2v) is 33.5. The van der Waals surface area contributed by atoms with E-state index in [4.69, 9.17) is 81.5 Å². The van der Waals surface area contributed by atoms with Crippen molar-refractivity contribution in [3.63, 3.8) is 0 Å². The number of amides is 5. The van der Waals surface area contributed by atoms with Crippen molar-refractivity contribution < 1.29 is 142 Å². The van der Waals surface area contributed by atoms with Gasteiger partial charge in [-0.15, -0.1) is 12.4 Å². The highest BCUT2D eigenvalue weighted by molar-refractivity contribution is 9.10. The molecule has 0 radical (unpaired) electrons. The van der Waals surface area contributed by atoms with E-state index in [1.165, 1.54) is 0 Å². The monoisotopic (exact) mass is 2000 g/mol. The van der Waals surface area contributed by atoms with E-state index < -0.39 is 110 Å². The van der Waals surface area contributed by atoms with Gasteiger partial charge in [-0.05, 0) is 154 Å². The molecule has 3 unspecified atom stereocenters. The highest BCUT2D eigenvalue weighted by atomic mass is 79.9. The number of hydrogen-bond acceptors (Lipinski definition) is 32. The third-order valence-electron chi connectivity index (χ3n) is 19.4. The first-order valence-electron chi connectivity index (χ1n) is 42.7. The Kier molecular flexibility index (Phi) is 47.7. The Bertz CT molecular complexity index is 5420. The zero-order valence-electron chi connectivity index (χ0n) is 77.3. The van der Waals surface area contributed by atoms with Crippen LogP contribution in [0, 0.1) is 10.1 Å². The van der Waals surface area contributed by atoms with E-state index in [2.05, 4.69) is 46.7 Å². The molecule has 1 saturated heterocycles. The molecular weight excluding hydrogens is 1890 g/mol. The van der Waals surface area contributed by atoms with Crippen molar-refractivity contribution in [1.82, 2.24) is 26.6 Å². The third-order valence-corrected chi connectivity index (χ3v) is 20.9. The van der Waals surface area contributed by atoms with E-state index in [9.17, 15) is 67.2 Å². The fourth-order valence-electron chi connectivity index (χ4n) is 12.6. The molecule has 1 fully saturated rings. The van der Waals surface area contributed by atoms with Crippen molar-refractivity contribution in [3.8, 4) is 28.7 Å². The van der Waals surface area contributed by atoms with Gasteiger partial charge in [0.2, 0.25) is 6.54 Å². The summed E-state index contributed by atoms with van der Waals surface area (Å²) in [5.74, 6) is 2.17. The van der Waals surface area contributed by atoms with Crippen molar-refractivity contribution in [2.45, 2.75) is 131 Å². The minimum atomic E-state index is -3.17. The number of aliphatic hydroxyl groups is 1. The number of nitrogens with two attached hydrogens (primary N) is 1. The van der Waals surface area contributed by atoms with Gasteiger partial charge in [0.1, 0.15) is 73.2 Å². The maximum atomic E-state index is 11.9. The molecule has 734 valence electrons. The normalized spacial score (nSPS) is 14.6. The summed E-state index contributed by atoms with van der Waals surface area (Å²) in [6.07, 6.45) is -2.26. The van der Waals surface area contributed by atoms with Crippen molar-refractivity contribution in [2.75, 3.05) is 72.6 Å². The van der Waals surface area contributed by atoms with Crippen molar-refractivity contribution >= 4 is 132 Å². The number of benzene rings is 9. The molecule has 13 rings (SSSR count). The largest absolute Gasteiger partial charge is 0.499 e. The Hall–Kier alpha value is -12.4. The average Bonchev–Trinajstić information content (AvgIpc) is 1.58. The Morgan fingerprint density at radius 2 is 0.796 bits per heavy atom. The molecule has 11 N–H and O–H groups in total. The SMILES string of the molecule is CC(C)(C)OC(=O)NCC1OB(O)c2c(OCNC(=O)OCc3ccccc3)cccc21.CCO.CCOS(C)(=O)=O.CCOc1cccc(C=O)c1B1OC(C)(C)C(C)(C)O1.Cl.NCC1OB(O)c2c(OCNC(=O)OCc3ccccc3)cccc21.O=C(NCOc1cccc2c1B(O)OC2C[N+](=O)[O-])OCc1ccccc1.O=Cc1cccc(OCNC(=O)OCc2ccccc2)c1Br. The smallest absolute Gasteiger partial charge is 0.494 e. The number of nitrogens with zero attached hydrogens (tertiary/aromatic N) is 1. The van der Waals surface area contributed by atoms with Gasteiger partial charge in [-0.3, -0.25) is 45.2 Å². The van der Waals surface area contributed by atoms with Gasteiger partial charge in [0.05, 0.1) is 47.4 Å². The predicted octanol–water partition coefficient (Wildman–Crippen LogP) is 10.0. The lowest BCUT2D eigenvalue weighted by Crippen LogP contribution is -2.41. The molecule has 4 heterocycles. The Morgan fingerprint density at radius 3 is 1.12 bits per heavy atom. The van der Waals surface area contributed by atoms with Gasteiger partial charge in [0, 0.05) is 57.6 Å². The Labute approximate surface area is 810 Å². The number of hydrogen-bond donors (Lipinski definition) is 10. The molecule has 0 aromatic heterocycles. The van der Waals surface area contributed by atoms with Gasteiger partial charge in [-0.25, -0.2) is 24.0 Å². The van der Waals surface area contributed by atoms with Crippen molar-refractivity contribution in [2.24, 2.45) is 5.73 Å². The lowest BCUT2D eigenvalue weighted by atomic mass is 9.75. The number of nitro groups is 1. The van der Waals surface area contributed by atoms with Crippen LogP contribution >= 0.6 is 28.3 Å². The first-order valence-corrected chi connectivity index (χ1v) is 45.3. The first-order chi connectivity index (χ1) is 65.0. The maximum absolute atomic E-state index is 11.9. The van der Waals surface area contributed by atoms with Gasteiger partial charge in [0.25, 0.3) is 10.1 Å². The number of ether oxygens (including phenoxy) is 10. The molecular formula is C92H113B4BrClN7O31S. The van der Waals surface area contributed by atoms with Crippen LogP contribution in [0.4, 0.5) is 24.0 Å². The molecule has 137 heavy (non-hydrogen) atoms. The van der Waals surface area contributed by atoms with Gasteiger partial charge < -0.3 is 102 Å². The predicted molar refractivity (Wildman–Crippen MR) is 515 cm³/mol. The third kappa shape index (κ3) is 37.9. The van der Waals surface area contributed by atoms with E-state index in [0.29, 0.717) is 78.2 Å². The number of halogens is 2. The number of nitrogens with one attached hydrogen (secondary N) is 5. The van der Waals surface area contributed by atoms with Gasteiger partial charge in [-0.2, -0.15) is 8.42 Å². The lowest BCUT2D eigenvalue weighted by Gasteiger charge is -2.32. The summed E-state index contributed by atoms with van der Waals surface area (Å²) < 4.78 is 106. The summed E-state index contributed by atoms with van der Waals surface area (Å²) in [7, 11) is -7.41. The average molecular weight is 2000 g/mol. The van der Waals surface area contributed by atoms with E-state index >= 15 is 0 Å². The van der Waals surface area contributed by atoms with Gasteiger partial charge in [-0.1, -0.05) is 182 Å². The molecule has 0 saturated carbocycles. The molecule has 0 bridgehead atoms. The molecule has 9 aromatic rings. The van der Waals surface area contributed by atoms with Crippen LogP contribution in [-0.4, -0.2) is 194 Å². The minimum absolute atomic E-state index is 0. The van der Waals surface area contributed by atoms with Crippen LogP contribution in [0.2, 0.25) is 0 Å². The van der Waals surface area contributed by atoms with Crippen LogP contribution in [0.3, 0.4) is 0 Å². The van der Waals surface area contributed by atoms with Crippen LogP contribution < -0.4 is 77.9 Å². The van der Waals surface area contributed by atoms with Crippen LogP contribution in [-0.2, 0) is 87.7 Å². The van der Waals surface area contributed by atoms with E-state index in [1.807, 2.05) is 168 Å². The quantitative estimate of drug-likeness (QED) is 0.00356. The number of aliphatic hydroxyl groups excluding tert-OH is 1. The molecule has 38 nitrogen and oxygen atoms in total. The van der Waals surface area contributed by atoms with E-state index in [0.717, 1.165) is 46.6 Å². The summed E-state index contributed by atoms with van der Waals surface area (Å²) >= 11 is 3.27. The molecule has 9 aromatic carbocycles. The fraction of sp³-hybridized carbons (Fsp3) is 0.337. The lowest BCUT2D eigenvalue weighted by molar-refractivity contribution is -0.490. The van der Waals surface area contributed by atoms with Gasteiger partial charge in [0.15, 0.2) is 33.2 Å². The highest BCUT2D eigenvalue weighted by Crippen LogP contribution is 2.38. The number of aldehydes is 2. The molecule has 4 aliphatic rings. The summed E-state index contributed by atoms with van der Waals surface area (Å²) in [5, 5.41) is 61.2. The molecule has 0 spiro atoms. The van der Waals surface area contributed by atoms with Crippen LogP contribution in [0.15, 0.2) is 217 Å². The first kappa shape index (κ1) is 113. The van der Waals surface area contributed by atoms with Crippen LogP contribution in [0.1, 0.15) is 147 Å². The zero-order chi connectivity index (χ0) is 99.4. The molecule has 45 heteroatoms. The Morgan fingerprint density at radius 1 is 0.474 bits per heavy atom. The fourth-order valence-corrected chi connectivity index (χ4v) is 13.5. The van der Waals surface area contributed by atoms with E-state index in [-0.39, 0.29) is 104 Å². The van der Waals surface area contributed by atoms with E-state index in [1.54, 1.807) is 113 Å². The number of carbonyl (C=O) groups is 7. The van der Waals surface area contributed by atoms with Crippen molar-refractivity contribution in [3.05, 3.63) is 277 Å². The minimum Gasteiger partial charge on any atom is -0.494 e. The highest BCUT2D eigenvalue weighted by Gasteiger charge is 2.53. The number of carbonyl (C=O) groups excluding carboxylic acids is 7. The number of rotatable bonds is 32. The molecule has 4 aliphatic heterocycles. The van der Waals surface area contributed by atoms with Crippen molar-refractivity contribution in [1.29, 1.82) is 0 Å². The standard InChI is InChI=1S/C22H27BN2O7.C17H17BN2O7.C17H19BN2O5.C16H14BrNO4.C15H21BO4.C3H8O3S.C2H6O.ClH/c1-22(2,3)31-21(27)24-12-18-16-10-7-11-17(19(16)23(28)32-18)30-14-25-20(26)29-13-15-8-5-4-6-9-15;21-17(25-10-12-5-2-1-3-6-12)19-11-26-14-8-4-7-13-15(9-20(23)24)27-18(22)16(13)14;19-9-15-13-7-4-8-14(16(13)18(22)25-15)24-11-20-17(21)23-10-12-5-2-1-3-6-12;17-15-13(9-19)7-4-8-14(15)22-11-18-16(20)21-10-12-5-2-1-3-6-12;1-6-18-12-9-7-8-11(10-17)13(12)16-19-14(2,3)15(4,5)20-16;1-3-6-7(2,4)5;1-2-3;/h4-11,18,28H,12-14H2,1-3H3,(H,24,27)(H,25,26);1-8,15,22H,9-11H2,(H,19,21);1-8,15,22H,9-11,19H2,(H,20,21);1-9H,10-11H2,(H,18,20);7-10H,6H2,1-5H3;3H2,1-2H3;3H,2H2,1H3;1H. The summed E-state index contributed by atoms with van der Waals surface area (Å²) in [6, 6.07) is 63.0. The maximum Gasteiger partial charge on any atom is 0.499 e. The summed E-state index contributed by atoms with van der Waals surface area (Å²) in [6.45, 7) is 19.5. The Balaban J connectivity index is 0.000000257. The second-order valence-electron chi connectivity index (χ2n) is 31.1. The summed E-state index contributed by atoms with van der Waals surface area (Å²) in [4.78, 5) is 91.0. The number of fused-ring (bicyclic) bond motifs is 3.